The van der Waals surface area contributed by atoms with E-state index >= 15 is 0 Å². The maximum absolute atomic E-state index is 12.7. The fourth-order valence-corrected chi connectivity index (χ4v) is 1.71. The third-order valence-corrected chi connectivity index (χ3v) is 2.48. The fourth-order valence-electron chi connectivity index (χ4n) is 1.37. The second kappa shape index (κ2) is 7.68. The first-order chi connectivity index (χ1) is 8.99. The largest absolute Gasteiger partial charge is 0.361 e. The molecule has 0 fully saturated rings. The first kappa shape index (κ1) is 15.4. The summed E-state index contributed by atoms with van der Waals surface area (Å²) in [6, 6.07) is 5.68. The average Bonchev–Trinajstić information content (AvgIpc) is 2.34. The molecule has 19 heavy (non-hydrogen) atoms. The van der Waals surface area contributed by atoms with Crippen molar-refractivity contribution < 1.29 is 9.18 Å². The molecule has 0 saturated heterocycles. The zero-order valence-electron chi connectivity index (χ0n) is 11.0. The van der Waals surface area contributed by atoms with Crippen molar-refractivity contribution in [3.63, 3.8) is 0 Å². The van der Waals surface area contributed by atoms with Gasteiger partial charge in [0.1, 0.15) is 5.82 Å². The van der Waals surface area contributed by atoms with Gasteiger partial charge in [-0.25, -0.2) is 4.39 Å². The van der Waals surface area contributed by atoms with Crippen LogP contribution in [0.2, 0.25) is 0 Å². The number of rotatable bonds is 5. The number of carbonyl (C=O) groups excluding carboxylic acids is 1. The zero-order chi connectivity index (χ0) is 14.3. The molecule has 0 unspecified atom stereocenters. The molecule has 4 nitrogen and oxygen atoms in total. The van der Waals surface area contributed by atoms with Crippen molar-refractivity contribution in [1.82, 2.24) is 16.0 Å². The highest BCUT2D eigenvalue weighted by Gasteiger charge is 2.04. The fraction of sp³-hybridized carbons (Fsp3) is 0.385. The van der Waals surface area contributed by atoms with Crippen molar-refractivity contribution in [2.24, 2.45) is 0 Å². The molecule has 0 spiro atoms. The Morgan fingerprint density at radius 3 is 2.37 bits per heavy atom. The minimum absolute atomic E-state index is 0.232. The molecule has 0 saturated carbocycles. The Hall–Kier alpha value is -1.69. The van der Waals surface area contributed by atoms with Gasteiger partial charge in [0.2, 0.25) is 0 Å². The Balaban J connectivity index is 2.24. The van der Waals surface area contributed by atoms with Crippen LogP contribution in [0.25, 0.3) is 0 Å². The summed E-state index contributed by atoms with van der Waals surface area (Å²) >= 11 is 5.04. The summed E-state index contributed by atoms with van der Waals surface area (Å²) in [7, 11) is 0. The summed E-state index contributed by atoms with van der Waals surface area (Å²) < 4.78 is 12.7. The maximum atomic E-state index is 12.7. The van der Waals surface area contributed by atoms with Gasteiger partial charge in [-0.2, -0.15) is 0 Å². The molecule has 0 atom stereocenters. The standard InChI is InChI=1S/C13H18FN3OS/c1-9(2)17-13(19)16-8-7-15-12(18)10-3-5-11(14)6-4-10/h3-6,9H,7-8H2,1-2H3,(H,15,18)(H2,16,17,19). The van der Waals surface area contributed by atoms with E-state index in [9.17, 15) is 9.18 Å². The average molecular weight is 283 g/mol. The van der Waals surface area contributed by atoms with E-state index in [1.807, 2.05) is 13.8 Å². The van der Waals surface area contributed by atoms with Crippen LogP contribution in [-0.4, -0.2) is 30.2 Å². The summed E-state index contributed by atoms with van der Waals surface area (Å²) in [6.45, 7) is 4.95. The molecular formula is C13H18FN3OS. The molecule has 0 bridgehead atoms. The summed E-state index contributed by atoms with van der Waals surface area (Å²) in [5.41, 5.74) is 0.435. The van der Waals surface area contributed by atoms with Crippen LogP contribution in [0.15, 0.2) is 24.3 Å². The lowest BCUT2D eigenvalue weighted by atomic mass is 10.2. The number of hydrogen-bond donors (Lipinski definition) is 3. The number of halogens is 1. The zero-order valence-corrected chi connectivity index (χ0v) is 11.8. The van der Waals surface area contributed by atoms with Gasteiger partial charge >= 0.3 is 0 Å². The van der Waals surface area contributed by atoms with E-state index in [1.165, 1.54) is 24.3 Å². The summed E-state index contributed by atoms with van der Waals surface area (Å²) in [5, 5.41) is 9.29. The third kappa shape index (κ3) is 6.15. The predicted molar refractivity (Wildman–Crippen MR) is 77.6 cm³/mol. The molecule has 104 valence electrons. The van der Waals surface area contributed by atoms with E-state index < -0.39 is 0 Å². The van der Waals surface area contributed by atoms with E-state index in [1.54, 1.807) is 0 Å². The molecule has 1 rings (SSSR count). The summed E-state index contributed by atoms with van der Waals surface area (Å²) in [6.07, 6.45) is 0. The first-order valence-corrected chi connectivity index (χ1v) is 6.48. The highest BCUT2D eigenvalue weighted by atomic mass is 32.1. The number of hydrogen-bond acceptors (Lipinski definition) is 2. The lowest BCUT2D eigenvalue weighted by molar-refractivity contribution is 0.0954. The van der Waals surface area contributed by atoms with Crippen LogP contribution in [-0.2, 0) is 0 Å². The van der Waals surface area contributed by atoms with Crippen LogP contribution in [0.1, 0.15) is 24.2 Å². The Bertz CT molecular complexity index is 434. The molecular weight excluding hydrogens is 265 g/mol. The second-order valence-electron chi connectivity index (χ2n) is 4.32. The minimum Gasteiger partial charge on any atom is -0.361 e. The number of carbonyl (C=O) groups is 1. The van der Waals surface area contributed by atoms with Crippen molar-refractivity contribution in [1.29, 1.82) is 0 Å². The highest BCUT2D eigenvalue weighted by molar-refractivity contribution is 7.80. The quantitative estimate of drug-likeness (QED) is 0.565. The number of nitrogens with one attached hydrogen (secondary N) is 3. The van der Waals surface area contributed by atoms with Gasteiger partial charge in [-0.1, -0.05) is 0 Å². The summed E-state index contributed by atoms with van der Waals surface area (Å²) in [5.74, 6) is -0.590. The van der Waals surface area contributed by atoms with Crippen molar-refractivity contribution in [3.8, 4) is 0 Å². The van der Waals surface area contributed by atoms with Crippen LogP contribution in [0.4, 0.5) is 4.39 Å². The van der Waals surface area contributed by atoms with Crippen molar-refractivity contribution >= 4 is 23.2 Å². The Morgan fingerprint density at radius 2 is 1.79 bits per heavy atom. The van der Waals surface area contributed by atoms with Gasteiger partial charge in [0.05, 0.1) is 0 Å². The molecule has 0 aliphatic carbocycles. The third-order valence-electron chi connectivity index (χ3n) is 2.22. The van der Waals surface area contributed by atoms with E-state index in [4.69, 9.17) is 12.2 Å². The van der Waals surface area contributed by atoms with Gasteiger partial charge < -0.3 is 16.0 Å². The second-order valence-corrected chi connectivity index (χ2v) is 4.73. The molecule has 0 aliphatic heterocycles. The van der Waals surface area contributed by atoms with E-state index in [2.05, 4.69) is 16.0 Å². The number of thiocarbonyl (C=S) groups is 1. The van der Waals surface area contributed by atoms with Gasteiger partial charge in [-0.3, -0.25) is 4.79 Å². The Morgan fingerprint density at radius 1 is 1.21 bits per heavy atom. The molecule has 1 aromatic rings. The molecule has 0 aromatic heterocycles. The molecule has 0 radical (unpaired) electrons. The van der Waals surface area contributed by atoms with Crippen LogP contribution in [0.5, 0.6) is 0 Å². The maximum Gasteiger partial charge on any atom is 0.251 e. The smallest absolute Gasteiger partial charge is 0.251 e. The van der Waals surface area contributed by atoms with E-state index in [-0.39, 0.29) is 17.8 Å². The van der Waals surface area contributed by atoms with Crippen LogP contribution < -0.4 is 16.0 Å². The van der Waals surface area contributed by atoms with Crippen molar-refractivity contribution in [2.45, 2.75) is 19.9 Å². The van der Waals surface area contributed by atoms with Gasteiger partial charge in [0, 0.05) is 24.7 Å². The molecule has 1 aromatic carbocycles. The van der Waals surface area contributed by atoms with Gasteiger partial charge in [-0.15, -0.1) is 0 Å². The minimum atomic E-state index is -0.358. The predicted octanol–water partition coefficient (Wildman–Crippen LogP) is 1.43. The van der Waals surface area contributed by atoms with E-state index in [0.29, 0.717) is 23.8 Å². The Labute approximate surface area is 117 Å². The Kier molecular flexibility index (Phi) is 6.21. The van der Waals surface area contributed by atoms with Gasteiger partial charge in [-0.05, 0) is 50.3 Å². The van der Waals surface area contributed by atoms with Crippen LogP contribution in [0.3, 0.4) is 0 Å². The van der Waals surface area contributed by atoms with Gasteiger partial charge in [0.15, 0.2) is 5.11 Å². The monoisotopic (exact) mass is 283 g/mol. The van der Waals surface area contributed by atoms with Crippen molar-refractivity contribution in [2.75, 3.05) is 13.1 Å². The first-order valence-electron chi connectivity index (χ1n) is 6.07. The van der Waals surface area contributed by atoms with Crippen molar-refractivity contribution in [3.05, 3.63) is 35.6 Å². The highest BCUT2D eigenvalue weighted by Crippen LogP contribution is 2.01. The van der Waals surface area contributed by atoms with Gasteiger partial charge in [0.25, 0.3) is 5.91 Å². The van der Waals surface area contributed by atoms with E-state index in [0.717, 1.165) is 0 Å². The topological polar surface area (TPSA) is 53.2 Å². The molecule has 1 amide bonds. The normalized spacial score (nSPS) is 10.1. The molecule has 6 heteroatoms. The SMILES string of the molecule is CC(C)NC(=S)NCCNC(=O)c1ccc(F)cc1. The molecule has 0 aliphatic rings. The molecule has 3 N–H and O–H groups in total. The lowest BCUT2D eigenvalue weighted by Crippen LogP contribution is -2.42. The lowest BCUT2D eigenvalue weighted by Gasteiger charge is -2.13. The number of benzene rings is 1. The number of amides is 1. The van der Waals surface area contributed by atoms with Crippen LogP contribution in [0, 0.1) is 5.82 Å². The summed E-state index contributed by atoms with van der Waals surface area (Å²) in [4.78, 5) is 11.7. The van der Waals surface area contributed by atoms with Crippen LogP contribution >= 0.6 is 12.2 Å². The molecule has 0 heterocycles.